The lowest BCUT2D eigenvalue weighted by Gasteiger charge is -2.16. The van der Waals surface area contributed by atoms with Crippen molar-refractivity contribution in [1.82, 2.24) is 5.32 Å². The average molecular weight is 212 g/mol. The Morgan fingerprint density at radius 1 is 1.60 bits per heavy atom. The van der Waals surface area contributed by atoms with E-state index in [4.69, 9.17) is 5.73 Å². The van der Waals surface area contributed by atoms with Crippen LogP contribution < -0.4 is 11.1 Å². The van der Waals surface area contributed by atoms with Gasteiger partial charge in [-0.05, 0) is 19.8 Å². The molecular weight excluding hydrogens is 196 g/mol. The second kappa shape index (κ2) is 4.44. The highest BCUT2D eigenvalue weighted by molar-refractivity contribution is 5.92. The van der Waals surface area contributed by atoms with Crippen molar-refractivity contribution in [2.45, 2.75) is 38.3 Å². The Morgan fingerprint density at radius 2 is 2.27 bits per heavy atom. The van der Waals surface area contributed by atoms with E-state index in [9.17, 15) is 14.7 Å². The number of amides is 1. The SMILES string of the molecule is CC1(O)CCC(=CC(=O)CCC(N)=O)N1. The molecule has 1 amide bonds. The highest BCUT2D eigenvalue weighted by atomic mass is 16.3. The molecule has 1 unspecified atom stereocenters. The third kappa shape index (κ3) is 4.12. The van der Waals surface area contributed by atoms with Crippen molar-refractivity contribution in [2.24, 2.45) is 5.73 Å². The summed E-state index contributed by atoms with van der Waals surface area (Å²) in [5.74, 6) is -0.623. The van der Waals surface area contributed by atoms with Crippen molar-refractivity contribution < 1.29 is 14.7 Å². The van der Waals surface area contributed by atoms with E-state index in [0.29, 0.717) is 12.8 Å². The van der Waals surface area contributed by atoms with E-state index in [2.05, 4.69) is 5.32 Å². The first-order valence-corrected chi connectivity index (χ1v) is 4.91. The highest BCUT2D eigenvalue weighted by Crippen LogP contribution is 2.22. The van der Waals surface area contributed by atoms with Gasteiger partial charge in [0.25, 0.3) is 0 Å². The van der Waals surface area contributed by atoms with Crippen molar-refractivity contribution in [1.29, 1.82) is 0 Å². The molecule has 0 spiro atoms. The Morgan fingerprint density at radius 3 is 2.73 bits per heavy atom. The molecule has 1 rings (SSSR count). The third-order valence-corrected chi connectivity index (χ3v) is 2.26. The molecule has 1 aliphatic rings. The highest BCUT2D eigenvalue weighted by Gasteiger charge is 2.27. The van der Waals surface area contributed by atoms with E-state index < -0.39 is 11.6 Å². The number of rotatable bonds is 4. The van der Waals surface area contributed by atoms with Crippen LogP contribution in [0.4, 0.5) is 0 Å². The normalized spacial score (nSPS) is 27.7. The second-order valence-electron chi connectivity index (χ2n) is 4.00. The molecule has 0 aromatic heterocycles. The van der Waals surface area contributed by atoms with Crippen molar-refractivity contribution in [3.63, 3.8) is 0 Å². The fourth-order valence-electron chi connectivity index (χ4n) is 1.47. The fourth-order valence-corrected chi connectivity index (χ4v) is 1.47. The van der Waals surface area contributed by atoms with E-state index >= 15 is 0 Å². The molecule has 15 heavy (non-hydrogen) atoms. The number of hydrogen-bond acceptors (Lipinski definition) is 4. The molecule has 0 saturated carbocycles. The summed E-state index contributed by atoms with van der Waals surface area (Å²) < 4.78 is 0. The zero-order valence-electron chi connectivity index (χ0n) is 8.75. The van der Waals surface area contributed by atoms with Crippen molar-refractivity contribution in [3.05, 3.63) is 11.8 Å². The summed E-state index contributed by atoms with van der Waals surface area (Å²) in [6.07, 6.45) is 2.86. The predicted molar refractivity (Wildman–Crippen MR) is 54.5 cm³/mol. The Balaban J connectivity index is 2.43. The third-order valence-electron chi connectivity index (χ3n) is 2.26. The maximum absolute atomic E-state index is 11.3. The van der Waals surface area contributed by atoms with Crippen molar-refractivity contribution in [3.8, 4) is 0 Å². The van der Waals surface area contributed by atoms with E-state index in [1.165, 1.54) is 6.08 Å². The minimum Gasteiger partial charge on any atom is -0.371 e. The Hall–Kier alpha value is -1.36. The minimum absolute atomic E-state index is 0.0685. The van der Waals surface area contributed by atoms with Gasteiger partial charge in [0.05, 0.1) is 0 Å². The monoisotopic (exact) mass is 212 g/mol. The first-order chi connectivity index (χ1) is 6.89. The van der Waals surface area contributed by atoms with Crippen LogP contribution in [0.1, 0.15) is 32.6 Å². The van der Waals surface area contributed by atoms with Crippen LogP contribution in [0.3, 0.4) is 0 Å². The predicted octanol–water partition coefficient (Wildman–Crippen LogP) is -0.203. The molecule has 1 saturated heterocycles. The number of aliphatic hydroxyl groups is 1. The van der Waals surface area contributed by atoms with Gasteiger partial charge >= 0.3 is 0 Å². The Kier molecular flexibility index (Phi) is 3.47. The zero-order chi connectivity index (χ0) is 11.5. The van der Waals surface area contributed by atoms with E-state index in [-0.39, 0.29) is 18.6 Å². The topological polar surface area (TPSA) is 92.4 Å². The smallest absolute Gasteiger partial charge is 0.217 e. The molecule has 0 bridgehead atoms. The van der Waals surface area contributed by atoms with Gasteiger partial charge in [-0.2, -0.15) is 0 Å². The summed E-state index contributed by atoms with van der Waals surface area (Å²) in [4.78, 5) is 21.7. The molecule has 0 aromatic rings. The molecule has 5 heteroatoms. The molecule has 1 fully saturated rings. The number of nitrogens with one attached hydrogen (secondary N) is 1. The van der Waals surface area contributed by atoms with Crippen LogP contribution in [0, 0.1) is 0 Å². The second-order valence-corrected chi connectivity index (χ2v) is 4.00. The summed E-state index contributed by atoms with van der Waals surface area (Å²) in [6.45, 7) is 1.65. The molecule has 0 radical (unpaired) electrons. The van der Waals surface area contributed by atoms with Gasteiger partial charge in [-0.3, -0.25) is 9.59 Å². The first kappa shape index (κ1) is 11.7. The number of allylic oxidation sites excluding steroid dienone is 2. The number of carbonyl (C=O) groups is 2. The largest absolute Gasteiger partial charge is 0.371 e. The maximum Gasteiger partial charge on any atom is 0.217 e. The van der Waals surface area contributed by atoms with Crippen LogP contribution in [0.25, 0.3) is 0 Å². The van der Waals surface area contributed by atoms with E-state index in [1.54, 1.807) is 6.92 Å². The van der Waals surface area contributed by atoms with Gasteiger partial charge in [-0.1, -0.05) is 0 Å². The summed E-state index contributed by atoms with van der Waals surface area (Å²) in [6, 6.07) is 0. The number of nitrogens with two attached hydrogens (primary N) is 1. The van der Waals surface area contributed by atoms with Gasteiger partial charge in [0.2, 0.25) is 5.91 Å². The lowest BCUT2D eigenvalue weighted by Crippen LogP contribution is -2.34. The Bertz CT molecular complexity index is 308. The summed E-state index contributed by atoms with van der Waals surface area (Å²) >= 11 is 0. The van der Waals surface area contributed by atoms with Crippen LogP contribution in [0.2, 0.25) is 0 Å². The summed E-state index contributed by atoms with van der Waals surface area (Å²) in [7, 11) is 0. The van der Waals surface area contributed by atoms with E-state index in [0.717, 1.165) is 5.70 Å². The molecule has 84 valence electrons. The van der Waals surface area contributed by atoms with Gasteiger partial charge in [0.1, 0.15) is 5.72 Å². The van der Waals surface area contributed by atoms with Crippen molar-refractivity contribution in [2.75, 3.05) is 0 Å². The van der Waals surface area contributed by atoms with Gasteiger partial charge in [0.15, 0.2) is 5.78 Å². The van der Waals surface area contributed by atoms with Crippen LogP contribution >= 0.6 is 0 Å². The van der Waals surface area contributed by atoms with Crippen LogP contribution in [0.5, 0.6) is 0 Å². The molecule has 5 nitrogen and oxygen atoms in total. The van der Waals surface area contributed by atoms with Crippen LogP contribution in [-0.4, -0.2) is 22.5 Å². The maximum atomic E-state index is 11.3. The Labute approximate surface area is 88.3 Å². The minimum atomic E-state index is -0.921. The first-order valence-electron chi connectivity index (χ1n) is 4.91. The van der Waals surface area contributed by atoms with Gasteiger partial charge in [-0.15, -0.1) is 0 Å². The molecule has 1 heterocycles. The summed E-state index contributed by atoms with van der Waals surface area (Å²) in [5, 5.41) is 12.4. The quantitative estimate of drug-likeness (QED) is 0.562. The molecule has 0 aliphatic carbocycles. The van der Waals surface area contributed by atoms with Gasteiger partial charge in [-0.25, -0.2) is 0 Å². The van der Waals surface area contributed by atoms with Crippen LogP contribution in [0.15, 0.2) is 11.8 Å². The molecule has 1 atom stereocenters. The van der Waals surface area contributed by atoms with Crippen LogP contribution in [-0.2, 0) is 9.59 Å². The average Bonchev–Trinajstić information content (AvgIpc) is 2.42. The number of ketones is 1. The number of primary amides is 1. The van der Waals surface area contributed by atoms with Gasteiger partial charge < -0.3 is 16.2 Å². The van der Waals surface area contributed by atoms with E-state index in [1.807, 2.05) is 0 Å². The number of hydrogen-bond donors (Lipinski definition) is 3. The molecule has 1 aliphatic heterocycles. The van der Waals surface area contributed by atoms with Crippen molar-refractivity contribution >= 4 is 11.7 Å². The number of carbonyl (C=O) groups excluding carboxylic acids is 2. The molecule has 4 N–H and O–H groups in total. The summed E-state index contributed by atoms with van der Waals surface area (Å²) in [5.41, 5.74) is 4.72. The molecule has 0 aromatic carbocycles. The lowest BCUT2D eigenvalue weighted by molar-refractivity contribution is -0.121. The zero-order valence-corrected chi connectivity index (χ0v) is 8.75. The lowest BCUT2D eigenvalue weighted by atomic mass is 10.1. The van der Waals surface area contributed by atoms with Gasteiger partial charge in [0, 0.05) is 24.6 Å². The standard InChI is InChI=1S/C10H16N2O3/c1-10(15)5-4-7(12-10)6-8(13)2-3-9(11)14/h6,12,15H,2-5H2,1H3,(H2,11,14). The molecular formula is C10H16N2O3. The fraction of sp³-hybridized carbons (Fsp3) is 0.600.